The molecule has 1 aromatic rings. The molecule has 0 atom stereocenters. The Morgan fingerprint density at radius 2 is 1.69 bits per heavy atom. The molecule has 0 aromatic heterocycles. The Kier molecular flexibility index (Phi) is 3.50. The fourth-order valence-electron chi connectivity index (χ4n) is 1.17. The maximum atomic E-state index is 10.8. The minimum atomic E-state index is -0.560. The number of rotatable bonds is 2. The molecule has 0 saturated carbocycles. The molecule has 0 fully saturated rings. The summed E-state index contributed by atoms with van der Waals surface area (Å²) in [6, 6.07) is 2.76. The number of hydrogen-bond donors (Lipinski definition) is 1. The maximum Gasteiger partial charge on any atom is 0.308 e. The second-order valence-corrected chi connectivity index (χ2v) is 3.27. The lowest BCUT2D eigenvalue weighted by Crippen LogP contribution is -2.05. The van der Waals surface area contributed by atoms with Crippen molar-refractivity contribution in [1.29, 1.82) is 0 Å². The first-order valence-corrected chi connectivity index (χ1v) is 4.60. The lowest BCUT2D eigenvalue weighted by molar-refractivity contribution is -0.132. The van der Waals surface area contributed by atoms with Gasteiger partial charge < -0.3 is 14.6 Å². The number of hydrogen-bond acceptors (Lipinski definition) is 5. The largest absolute Gasteiger partial charge is 0.504 e. The first kappa shape index (κ1) is 12.0. The topological polar surface area (TPSA) is 72.8 Å². The monoisotopic (exact) mass is 224 g/mol. The molecule has 5 nitrogen and oxygen atoms in total. The molecule has 0 radical (unpaired) electrons. The summed E-state index contributed by atoms with van der Waals surface area (Å²) >= 11 is 0. The number of phenols is 1. The quantitative estimate of drug-likeness (QED) is 0.609. The predicted octanol–water partition coefficient (Wildman–Crippen LogP) is 1.55. The number of carbonyl (C=O) groups is 2. The molecule has 0 unspecified atom stereocenters. The number of carbonyl (C=O) groups excluding carboxylic acids is 2. The number of esters is 2. The van der Waals surface area contributed by atoms with Gasteiger partial charge in [-0.1, -0.05) is 0 Å². The van der Waals surface area contributed by atoms with Crippen molar-refractivity contribution in [2.24, 2.45) is 0 Å². The number of aromatic hydroxyl groups is 1. The van der Waals surface area contributed by atoms with Crippen LogP contribution in [-0.4, -0.2) is 17.0 Å². The lowest BCUT2D eigenvalue weighted by Gasteiger charge is -2.09. The van der Waals surface area contributed by atoms with E-state index in [1.54, 1.807) is 6.92 Å². The van der Waals surface area contributed by atoms with Crippen molar-refractivity contribution >= 4 is 11.9 Å². The van der Waals surface area contributed by atoms with E-state index in [4.69, 9.17) is 9.47 Å². The summed E-state index contributed by atoms with van der Waals surface area (Å²) in [5.74, 6) is -0.998. The summed E-state index contributed by atoms with van der Waals surface area (Å²) < 4.78 is 9.60. The minimum Gasteiger partial charge on any atom is -0.504 e. The van der Waals surface area contributed by atoms with Gasteiger partial charge in [-0.25, -0.2) is 0 Å². The van der Waals surface area contributed by atoms with Crippen molar-refractivity contribution in [3.8, 4) is 17.2 Å². The van der Waals surface area contributed by atoms with E-state index >= 15 is 0 Å². The van der Waals surface area contributed by atoms with Gasteiger partial charge in [-0.3, -0.25) is 9.59 Å². The molecule has 0 heterocycles. The summed E-state index contributed by atoms with van der Waals surface area (Å²) in [5.41, 5.74) is 0.454. The van der Waals surface area contributed by atoms with Crippen LogP contribution in [0.5, 0.6) is 17.2 Å². The highest BCUT2D eigenvalue weighted by molar-refractivity contribution is 5.72. The van der Waals surface area contributed by atoms with Gasteiger partial charge in [-0.2, -0.15) is 0 Å². The Morgan fingerprint density at radius 3 is 2.19 bits per heavy atom. The van der Waals surface area contributed by atoms with Gasteiger partial charge in [0.25, 0.3) is 0 Å². The number of ether oxygens (including phenoxy) is 2. The van der Waals surface area contributed by atoms with Crippen LogP contribution in [0.4, 0.5) is 0 Å². The van der Waals surface area contributed by atoms with Crippen LogP contribution >= 0.6 is 0 Å². The molecular weight excluding hydrogens is 212 g/mol. The van der Waals surface area contributed by atoms with Gasteiger partial charge >= 0.3 is 11.9 Å². The van der Waals surface area contributed by atoms with Crippen molar-refractivity contribution < 1.29 is 24.2 Å². The molecule has 86 valence electrons. The van der Waals surface area contributed by atoms with Crippen molar-refractivity contribution in [3.05, 3.63) is 17.7 Å². The van der Waals surface area contributed by atoms with Gasteiger partial charge in [-0.05, 0) is 18.6 Å². The predicted molar refractivity (Wildman–Crippen MR) is 55.5 cm³/mol. The molecule has 0 bridgehead atoms. The standard InChI is InChI=1S/C11H12O5/c1-6-4-9(15-7(2)12)5-10(11(6)14)16-8(3)13/h4-5,14H,1-3H3. The first-order chi connectivity index (χ1) is 7.40. The lowest BCUT2D eigenvalue weighted by atomic mass is 10.2. The van der Waals surface area contributed by atoms with E-state index in [0.29, 0.717) is 5.56 Å². The molecule has 5 heteroatoms. The summed E-state index contributed by atoms with van der Waals surface area (Å²) in [6.45, 7) is 4.08. The van der Waals surface area contributed by atoms with Crippen LogP contribution in [0.15, 0.2) is 12.1 Å². The average molecular weight is 224 g/mol. The molecule has 1 rings (SSSR count). The smallest absolute Gasteiger partial charge is 0.308 e. The van der Waals surface area contributed by atoms with Crippen molar-refractivity contribution in [3.63, 3.8) is 0 Å². The third-order valence-electron chi connectivity index (χ3n) is 1.75. The Morgan fingerprint density at radius 1 is 1.12 bits per heavy atom. The molecule has 0 aliphatic rings. The molecule has 0 amide bonds. The highest BCUT2D eigenvalue weighted by Gasteiger charge is 2.12. The van der Waals surface area contributed by atoms with Crippen LogP contribution in [-0.2, 0) is 9.59 Å². The van der Waals surface area contributed by atoms with Crippen LogP contribution in [0.3, 0.4) is 0 Å². The van der Waals surface area contributed by atoms with Crippen LogP contribution in [0.1, 0.15) is 19.4 Å². The SMILES string of the molecule is CC(=O)Oc1cc(C)c(O)c(OC(C)=O)c1. The summed E-state index contributed by atoms with van der Waals surface area (Å²) in [6.07, 6.45) is 0. The zero-order chi connectivity index (χ0) is 12.3. The summed E-state index contributed by atoms with van der Waals surface area (Å²) in [4.78, 5) is 21.5. The second-order valence-electron chi connectivity index (χ2n) is 3.27. The normalized spacial score (nSPS) is 9.69. The molecule has 0 spiro atoms. The molecule has 16 heavy (non-hydrogen) atoms. The average Bonchev–Trinajstić information content (AvgIpc) is 2.11. The van der Waals surface area contributed by atoms with Crippen LogP contribution in [0, 0.1) is 6.92 Å². The second kappa shape index (κ2) is 4.65. The zero-order valence-corrected chi connectivity index (χ0v) is 9.23. The van der Waals surface area contributed by atoms with Crippen molar-refractivity contribution in [2.75, 3.05) is 0 Å². The maximum absolute atomic E-state index is 10.8. The highest BCUT2D eigenvalue weighted by Crippen LogP contribution is 2.34. The molecule has 1 N–H and O–H groups in total. The third kappa shape index (κ3) is 2.98. The Hall–Kier alpha value is -2.04. The van der Waals surface area contributed by atoms with Crippen LogP contribution in [0.25, 0.3) is 0 Å². The minimum absolute atomic E-state index is 0.0243. The van der Waals surface area contributed by atoms with Crippen LogP contribution in [0.2, 0.25) is 0 Å². The Balaban J connectivity index is 3.11. The van der Waals surface area contributed by atoms with Gasteiger partial charge in [0, 0.05) is 19.9 Å². The fraction of sp³-hybridized carbons (Fsp3) is 0.273. The molecule has 0 saturated heterocycles. The van der Waals surface area contributed by atoms with E-state index in [2.05, 4.69) is 0 Å². The number of phenolic OH excluding ortho intramolecular Hbond substituents is 1. The van der Waals surface area contributed by atoms with Crippen LogP contribution < -0.4 is 9.47 Å². The van der Waals surface area contributed by atoms with Gasteiger partial charge in [0.1, 0.15) is 5.75 Å². The molecule has 1 aromatic carbocycles. The number of benzene rings is 1. The van der Waals surface area contributed by atoms with E-state index in [-0.39, 0.29) is 17.2 Å². The van der Waals surface area contributed by atoms with Gasteiger partial charge in [0.2, 0.25) is 0 Å². The van der Waals surface area contributed by atoms with Gasteiger partial charge in [0.15, 0.2) is 11.5 Å². The molecular formula is C11H12O5. The molecule has 0 aliphatic carbocycles. The van der Waals surface area contributed by atoms with Gasteiger partial charge in [0.05, 0.1) is 0 Å². The highest BCUT2D eigenvalue weighted by atomic mass is 16.5. The Labute approximate surface area is 92.6 Å². The van der Waals surface area contributed by atoms with Crippen molar-refractivity contribution in [1.82, 2.24) is 0 Å². The van der Waals surface area contributed by atoms with E-state index in [9.17, 15) is 14.7 Å². The van der Waals surface area contributed by atoms with E-state index in [1.807, 2.05) is 0 Å². The van der Waals surface area contributed by atoms with E-state index in [1.165, 1.54) is 26.0 Å². The molecule has 0 aliphatic heterocycles. The van der Waals surface area contributed by atoms with E-state index in [0.717, 1.165) is 0 Å². The van der Waals surface area contributed by atoms with Gasteiger partial charge in [-0.15, -0.1) is 0 Å². The Bertz CT molecular complexity index is 436. The third-order valence-corrected chi connectivity index (χ3v) is 1.75. The zero-order valence-electron chi connectivity index (χ0n) is 9.23. The summed E-state index contributed by atoms with van der Waals surface area (Å²) in [7, 11) is 0. The number of aryl methyl sites for hydroxylation is 1. The fourth-order valence-corrected chi connectivity index (χ4v) is 1.17. The first-order valence-electron chi connectivity index (χ1n) is 4.60. The summed E-state index contributed by atoms with van der Waals surface area (Å²) in [5, 5.41) is 9.59. The van der Waals surface area contributed by atoms with E-state index < -0.39 is 11.9 Å². The van der Waals surface area contributed by atoms with Crippen molar-refractivity contribution in [2.45, 2.75) is 20.8 Å².